The number of amides is 1. The normalized spacial score (nSPS) is 26.6. The lowest BCUT2D eigenvalue weighted by Crippen LogP contribution is -2.38. The van der Waals surface area contributed by atoms with Crippen LogP contribution in [0.4, 0.5) is 4.39 Å². The third-order valence-corrected chi connectivity index (χ3v) is 4.58. The Morgan fingerprint density at radius 3 is 2.57 bits per heavy atom. The summed E-state index contributed by atoms with van der Waals surface area (Å²) in [7, 11) is 0. The van der Waals surface area contributed by atoms with Crippen molar-refractivity contribution in [3.05, 3.63) is 35.6 Å². The second kappa shape index (κ2) is 6.12. The zero-order chi connectivity index (χ0) is 14.8. The van der Waals surface area contributed by atoms with Crippen molar-refractivity contribution in [1.82, 2.24) is 15.5 Å². The number of rotatable bonds is 4. The zero-order valence-electron chi connectivity index (χ0n) is 12.3. The number of carbonyl (C=O) groups is 1. The predicted molar refractivity (Wildman–Crippen MR) is 79.2 cm³/mol. The molecule has 0 bridgehead atoms. The summed E-state index contributed by atoms with van der Waals surface area (Å²) in [5.41, 5.74) is 0.923. The molecule has 2 aliphatic heterocycles. The highest BCUT2D eigenvalue weighted by molar-refractivity contribution is 5.78. The molecular formula is C16H22FN3O. The standard InChI is InChI=1S/C16H22FN3O/c1-11(12-2-4-15(17)5-3-12)19-16(21)10-20-8-13-6-18-7-14(13)9-20/h2-5,11,13-14,18H,6-10H2,1H3,(H,19,21)/t11?,13-,14+. The predicted octanol–water partition coefficient (Wildman–Crippen LogP) is 1.15. The van der Waals surface area contributed by atoms with Gasteiger partial charge in [0.05, 0.1) is 12.6 Å². The molecular weight excluding hydrogens is 269 g/mol. The Balaban J connectivity index is 1.49. The van der Waals surface area contributed by atoms with Crippen LogP contribution in [0.2, 0.25) is 0 Å². The molecule has 1 amide bonds. The Labute approximate surface area is 124 Å². The van der Waals surface area contributed by atoms with Crippen molar-refractivity contribution in [3.63, 3.8) is 0 Å². The van der Waals surface area contributed by atoms with E-state index >= 15 is 0 Å². The quantitative estimate of drug-likeness (QED) is 0.875. The Morgan fingerprint density at radius 2 is 1.95 bits per heavy atom. The SMILES string of the molecule is CC(NC(=O)CN1C[C@H]2CNC[C@H]2C1)c1ccc(F)cc1. The summed E-state index contributed by atoms with van der Waals surface area (Å²) in [5.74, 6) is 1.19. The lowest BCUT2D eigenvalue weighted by molar-refractivity contribution is -0.122. The molecule has 1 aromatic rings. The van der Waals surface area contributed by atoms with Crippen molar-refractivity contribution in [2.24, 2.45) is 11.8 Å². The molecule has 2 heterocycles. The highest BCUT2D eigenvalue weighted by Crippen LogP contribution is 2.25. The molecule has 114 valence electrons. The topological polar surface area (TPSA) is 44.4 Å². The number of likely N-dealkylation sites (tertiary alicyclic amines) is 1. The van der Waals surface area contributed by atoms with E-state index in [1.165, 1.54) is 12.1 Å². The van der Waals surface area contributed by atoms with Crippen molar-refractivity contribution in [2.75, 3.05) is 32.7 Å². The van der Waals surface area contributed by atoms with Gasteiger partial charge in [0, 0.05) is 13.1 Å². The summed E-state index contributed by atoms with van der Waals surface area (Å²) in [5, 5.41) is 6.39. The van der Waals surface area contributed by atoms with E-state index in [9.17, 15) is 9.18 Å². The first-order valence-corrected chi connectivity index (χ1v) is 7.59. The molecule has 0 radical (unpaired) electrons. The molecule has 5 heteroatoms. The Hall–Kier alpha value is -1.46. The van der Waals surface area contributed by atoms with E-state index in [1.54, 1.807) is 12.1 Å². The lowest BCUT2D eigenvalue weighted by atomic mass is 10.0. The molecule has 3 atom stereocenters. The second-order valence-corrected chi connectivity index (χ2v) is 6.21. The van der Waals surface area contributed by atoms with Crippen molar-refractivity contribution in [1.29, 1.82) is 0 Å². The molecule has 21 heavy (non-hydrogen) atoms. The monoisotopic (exact) mass is 291 g/mol. The van der Waals surface area contributed by atoms with Gasteiger partial charge in [-0.1, -0.05) is 12.1 Å². The van der Waals surface area contributed by atoms with Gasteiger partial charge in [-0.25, -0.2) is 4.39 Å². The molecule has 1 aromatic carbocycles. The average Bonchev–Trinajstić information content (AvgIpc) is 3.00. The summed E-state index contributed by atoms with van der Waals surface area (Å²) in [6.07, 6.45) is 0. The van der Waals surface area contributed by atoms with Crippen molar-refractivity contribution in [2.45, 2.75) is 13.0 Å². The van der Waals surface area contributed by atoms with E-state index in [-0.39, 0.29) is 17.8 Å². The highest BCUT2D eigenvalue weighted by Gasteiger charge is 2.36. The number of hydrogen-bond acceptors (Lipinski definition) is 3. The highest BCUT2D eigenvalue weighted by atomic mass is 19.1. The molecule has 0 aliphatic carbocycles. The van der Waals surface area contributed by atoms with Crippen LogP contribution in [-0.2, 0) is 4.79 Å². The number of hydrogen-bond donors (Lipinski definition) is 2. The van der Waals surface area contributed by atoms with Crippen LogP contribution in [0.25, 0.3) is 0 Å². The summed E-state index contributed by atoms with van der Waals surface area (Å²) >= 11 is 0. The maximum absolute atomic E-state index is 12.9. The third-order valence-electron chi connectivity index (χ3n) is 4.58. The molecule has 2 N–H and O–H groups in total. The largest absolute Gasteiger partial charge is 0.348 e. The van der Waals surface area contributed by atoms with Gasteiger partial charge in [-0.05, 0) is 49.5 Å². The van der Waals surface area contributed by atoms with Crippen LogP contribution in [0, 0.1) is 17.7 Å². The Bertz CT molecular complexity index is 493. The van der Waals surface area contributed by atoms with Crippen molar-refractivity contribution >= 4 is 5.91 Å². The Morgan fingerprint density at radius 1 is 1.33 bits per heavy atom. The van der Waals surface area contributed by atoms with Crippen LogP contribution in [0.15, 0.2) is 24.3 Å². The zero-order valence-corrected chi connectivity index (χ0v) is 12.3. The van der Waals surface area contributed by atoms with Gasteiger partial charge in [0.2, 0.25) is 5.91 Å². The van der Waals surface area contributed by atoms with E-state index in [4.69, 9.17) is 0 Å². The van der Waals surface area contributed by atoms with Gasteiger partial charge >= 0.3 is 0 Å². The number of fused-ring (bicyclic) bond motifs is 1. The van der Waals surface area contributed by atoms with E-state index in [0.717, 1.165) is 31.7 Å². The fraction of sp³-hybridized carbons (Fsp3) is 0.562. The number of nitrogens with zero attached hydrogens (tertiary/aromatic N) is 1. The number of halogens is 1. The number of benzene rings is 1. The molecule has 0 saturated carbocycles. The van der Waals surface area contributed by atoms with Crippen LogP contribution in [0.5, 0.6) is 0 Å². The average molecular weight is 291 g/mol. The third kappa shape index (κ3) is 3.41. The summed E-state index contributed by atoms with van der Waals surface area (Å²) in [6, 6.07) is 6.18. The van der Waals surface area contributed by atoms with Crippen LogP contribution >= 0.6 is 0 Å². The molecule has 4 nitrogen and oxygen atoms in total. The van der Waals surface area contributed by atoms with Gasteiger partial charge in [0.1, 0.15) is 5.82 Å². The molecule has 1 unspecified atom stereocenters. The van der Waals surface area contributed by atoms with Gasteiger partial charge in [-0.3, -0.25) is 9.69 Å². The second-order valence-electron chi connectivity index (χ2n) is 6.21. The van der Waals surface area contributed by atoms with E-state index < -0.39 is 0 Å². The van der Waals surface area contributed by atoms with Gasteiger partial charge in [0.25, 0.3) is 0 Å². The Kier molecular flexibility index (Phi) is 4.22. The maximum Gasteiger partial charge on any atom is 0.234 e. The summed E-state index contributed by atoms with van der Waals surface area (Å²) in [4.78, 5) is 14.4. The minimum absolute atomic E-state index is 0.0414. The van der Waals surface area contributed by atoms with Gasteiger partial charge < -0.3 is 10.6 Å². The van der Waals surface area contributed by atoms with Crippen LogP contribution < -0.4 is 10.6 Å². The lowest BCUT2D eigenvalue weighted by Gasteiger charge is -2.19. The first-order chi connectivity index (χ1) is 10.1. The van der Waals surface area contributed by atoms with Gasteiger partial charge in [-0.2, -0.15) is 0 Å². The fourth-order valence-electron chi connectivity index (χ4n) is 3.41. The van der Waals surface area contributed by atoms with E-state index in [2.05, 4.69) is 15.5 Å². The number of nitrogens with one attached hydrogen (secondary N) is 2. The van der Waals surface area contributed by atoms with Crippen molar-refractivity contribution < 1.29 is 9.18 Å². The molecule has 2 fully saturated rings. The first-order valence-electron chi connectivity index (χ1n) is 7.59. The van der Waals surface area contributed by atoms with E-state index in [0.29, 0.717) is 18.4 Å². The van der Waals surface area contributed by atoms with Crippen LogP contribution in [0.3, 0.4) is 0 Å². The van der Waals surface area contributed by atoms with Gasteiger partial charge in [0.15, 0.2) is 0 Å². The molecule has 0 aromatic heterocycles. The number of carbonyl (C=O) groups excluding carboxylic acids is 1. The first kappa shape index (κ1) is 14.5. The fourth-order valence-corrected chi connectivity index (χ4v) is 3.41. The minimum atomic E-state index is -0.255. The molecule has 2 aliphatic rings. The molecule has 2 saturated heterocycles. The van der Waals surface area contributed by atoms with Crippen LogP contribution in [0.1, 0.15) is 18.5 Å². The minimum Gasteiger partial charge on any atom is -0.348 e. The van der Waals surface area contributed by atoms with Crippen LogP contribution in [-0.4, -0.2) is 43.5 Å². The molecule has 3 rings (SSSR count). The molecule has 0 spiro atoms. The summed E-state index contributed by atoms with van der Waals surface area (Å²) in [6.45, 7) is 6.56. The maximum atomic E-state index is 12.9. The summed E-state index contributed by atoms with van der Waals surface area (Å²) < 4.78 is 12.9. The van der Waals surface area contributed by atoms with E-state index in [1.807, 2.05) is 6.92 Å². The smallest absolute Gasteiger partial charge is 0.234 e. The van der Waals surface area contributed by atoms with Crippen molar-refractivity contribution in [3.8, 4) is 0 Å². The van der Waals surface area contributed by atoms with Gasteiger partial charge in [-0.15, -0.1) is 0 Å².